The second kappa shape index (κ2) is 6.98. The minimum absolute atomic E-state index is 0.338. The van der Waals surface area contributed by atoms with Gasteiger partial charge in [-0.2, -0.15) is 14.6 Å². The SMILES string of the molecule is CCC(O)Nc1nc2cc(-c3ccc(Cl)cc3)nc(-c3cnn(C)c3)n2n1. The molecule has 2 N–H and O–H groups in total. The molecule has 4 aromatic rings. The molecular weight excluding hydrogens is 366 g/mol. The van der Waals surface area contributed by atoms with Crippen LogP contribution in [-0.4, -0.2) is 40.7 Å². The number of fused-ring (bicyclic) bond motifs is 1. The van der Waals surface area contributed by atoms with Gasteiger partial charge in [0, 0.05) is 29.9 Å². The fraction of sp³-hybridized carbons (Fsp3) is 0.222. The van der Waals surface area contributed by atoms with E-state index in [1.807, 2.05) is 50.5 Å². The van der Waals surface area contributed by atoms with Gasteiger partial charge >= 0.3 is 0 Å². The molecule has 8 nitrogen and oxygen atoms in total. The number of hydrogen-bond acceptors (Lipinski definition) is 6. The smallest absolute Gasteiger partial charge is 0.245 e. The van der Waals surface area contributed by atoms with Crippen LogP contribution in [0.2, 0.25) is 5.02 Å². The molecule has 0 fully saturated rings. The molecule has 0 aliphatic heterocycles. The third-order valence-corrected chi connectivity index (χ3v) is 4.36. The van der Waals surface area contributed by atoms with Crippen LogP contribution in [0.25, 0.3) is 28.3 Å². The second-order valence-corrected chi connectivity index (χ2v) is 6.58. The topological polar surface area (TPSA) is 93.2 Å². The van der Waals surface area contributed by atoms with Crippen molar-refractivity contribution >= 4 is 23.2 Å². The number of aromatic nitrogens is 6. The van der Waals surface area contributed by atoms with E-state index in [0.29, 0.717) is 28.9 Å². The van der Waals surface area contributed by atoms with Gasteiger partial charge in [0.2, 0.25) is 5.95 Å². The van der Waals surface area contributed by atoms with Gasteiger partial charge in [-0.3, -0.25) is 4.68 Å². The maximum atomic E-state index is 9.84. The summed E-state index contributed by atoms with van der Waals surface area (Å²) in [5.41, 5.74) is 3.08. The lowest BCUT2D eigenvalue weighted by molar-refractivity contribution is 0.198. The Hall–Kier alpha value is -2.97. The molecule has 138 valence electrons. The van der Waals surface area contributed by atoms with Crippen molar-refractivity contribution in [3.8, 4) is 22.6 Å². The van der Waals surface area contributed by atoms with Gasteiger partial charge in [0.15, 0.2) is 11.5 Å². The lowest BCUT2D eigenvalue weighted by Crippen LogP contribution is -2.17. The molecule has 3 heterocycles. The Bertz CT molecular complexity index is 1090. The summed E-state index contributed by atoms with van der Waals surface area (Å²) in [6, 6.07) is 9.30. The van der Waals surface area contributed by atoms with Crippen LogP contribution in [0.4, 0.5) is 5.95 Å². The van der Waals surface area contributed by atoms with Gasteiger partial charge in [0.25, 0.3) is 0 Å². The van der Waals surface area contributed by atoms with Crippen molar-refractivity contribution < 1.29 is 5.11 Å². The normalized spacial score (nSPS) is 12.4. The first kappa shape index (κ1) is 17.4. The van der Waals surface area contributed by atoms with Crippen LogP contribution in [0, 0.1) is 0 Å². The van der Waals surface area contributed by atoms with Crippen molar-refractivity contribution in [2.75, 3.05) is 5.32 Å². The molecule has 0 aliphatic carbocycles. The van der Waals surface area contributed by atoms with Crippen LogP contribution in [0.15, 0.2) is 42.7 Å². The number of rotatable bonds is 5. The van der Waals surface area contributed by atoms with Crippen molar-refractivity contribution in [3.63, 3.8) is 0 Å². The van der Waals surface area contributed by atoms with Gasteiger partial charge in [0.05, 0.1) is 17.5 Å². The van der Waals surface area contributed by atoms with Crippen molar-refractivity contribution in [2.24, 2.45) is 7.05 Å². The second-order valence-electron chi connectivity index (χ2n) is 6.15. The summed E-state index contributed by atoms with van der Waals surface area (Å²) in [5.74, 6) is 0.946. The highest BCUT2D eigenvalue weighted by atomic mass is 35.5. The zero-order chi connectivity index (χ0) is 19.0. The Morgan fingerprint density at radius 2 is 1.96 bits per heavy atom. The average Bonchev–Trinajstić information content (AvgIpc) is 3.27. The Morgan fingerprint density at radius 1 is 1.19 bits per heavy atom. The molecule has 3 aromatic heterocycles. The zero-order valence-corrected chi connectivity index (χ0v) is 15.6. The van der Waals surface area contributed by atoms with Crippen LogP contribution in [0.1, 0.15) is 13.3 Å². The lowest BCUT2D eigenvalue weighted by atomic mass is 10.1. The molecule has 0 saturated heterocycles. The van der Waals surface area contributed by atoms with Gasteiger partial charge in [-0.05, 0) is 18.6 Å². The molecular formula is C18H18ClN7O. The van der Waals surface area contributed by atoms with Gasteiger partial charge in [-0.1, -0.05) is 30.7 Å². The van der Waals surface area contributed by atoms with Crippen LogP contribution in [0.3, 0.4) is 0 Å². The third kappa shape index (κ3) is 3.49. The molecule has 1 aromatic carbocycles. The van der Waals surface area contributed by atoms with Gasteiger partial charge in [-0.15, -0.1) is 5.10 Å². The number of hydrogen-bond donors (Lipinski definition) is 2. The summed E-state index contributed by atoms with van der Waals surface area (Å²) in [5, 5.41) is 22.1. The summed E-state index contributed by atoms with van der Waals surface area (Å²) < 4.78 is 3.34. The Kier molecular flexibility index (Phi) is 4.51. The summed E-state index contributed by atoms with van der Waals surface area (Å²) in [6.45, 7) is 1.87. The van der Waals surface area contributed by atoms with E-state index in [-0.39, 0.29) is 0 Å². The summed E-state index contributed by atoms with van der Waals surface area (Å²) in [6.07, 6.45) is 3.42. The monoisotopic (exact) mass is 383 g/mol. The van der Waals surface area contributed by atoms with Gasteiger partial charge in [-0.25, -0.2) is 4.98 Å². The van der Waals surface area contributed by atoms with Crippen molar-refractivity contribution in [1.82, 2.24) is 29.4 Å². The van der Waals surface area contributed by atoms with E-state index in [0.717, 1.165) is 16.8 Å². The van der Waals surface area contributed by atoms with E-state index in [9.17, 15) is 5.11 Å². The highest BCUT2D eigenvalue weighted by Gasteiger charge is 2.16. The standard InChI is InChI=1S/C18H18ClN7O/c1-3-16(27)23-18-22-15-8-14(11-4-6-13(19)7-5-11)21-17(26(15)24-18)12-9-20-25(2)10-12/h4-10,16,27H,3H2,1-2H3,(H,23,24). The molecule has 0 spiro atoms. The fourth-order valence-corrected chi connectivity index (χ4v) is 2.82. The Labute approximate surface area is 160 Å². The molecule has 9 heteroatoms. The molecule has 0 radical (unpaired) electrons. The molecule has 27 heavy (non-hydrogen) atoms. The highest BCUT2D eigenvalue weighted by Crippen LogP contribution is 2.26. The number of aliphatic hydroxyl groups is 1. The van der Waals surface area contributed by atoms with E-state index < -0.39 is 6.23 Å². The minimum Gasteiger partial charge on any atom is -0.374 e. The molecule has 0 saturated carbocycles. The first-order valence-electron chi connectivity index (χ1n) is 8.51. The predicted octanol–water partition coefficient (Wildman–Crippen LogP) is 2.99. The number of halogens is 1. The Morgan fingerprint density at radius 3 is 2.63 bits per heavy atom. The fourth-order valence-electron chi connectivity index (χ4n) is 2.69. The van der Waals surface area contributed by atoms with Crippen molar-refractivity contribution in [1.29, 1.82) is 0 Å². The van der Waals surface area contributed by atoms with E-state index >= 15 is 0 Å². The number of anilines is 1. The number of aryl methyl sites for hydroxylation is 1. The first-order valence-corrected chi connectivity index (χ1v) is 8.88. The summed E-state index contributed by atoms with van der Waals surface area (Å²) in [4.78, 5) is 9.26. The highest BCUT2D eigenvalue weighted by molar-refractivity contribution is 6.30. The van der Waals surface area contributed by atoms with E-state index in [1.54, 1.807) is 15.4 Å². The van der Waals surface area contributed by atoms with Crippen LogP contribution < -0.4 is 5.32 Å². The molecule has 1 atom stereocenters. The molecule has 1 unspecified atom stereocenters. The number of benzene rings is 1. The number of aliphatic hydroxyl groups excluding tert-OH is 1. The molecule has 0 bridgehead atoms. The van der Waals surface area contributed by atoms with E-state index in [2.05, 4.69) is 20.5 Å². The van der Waals surface area contributed by atoms with E-state index in [1.165, 1.54) is 0 Å². The summed E-state index contributed by atoms with van der Waals surface area (Å²) in [7, 11) is 1.84. The van der Waals surface area contributed by atoms with E-state index in [4.69, 9.17) is 16.6 Å². The number of nitrogens with one attached hydrogen (secondary N) is 1. The maximum absolute atomic E-state index is 9.84. The zero-order valence-electron chi connectivity index (χ0n) is 14.8. The lowest BCUT2D eigenvalue weighted by Gasteiger charge is -2.07. The predicted molar refractivity (Wildman–Crippen MR) is 103 cm³/mol. The van der Waals surface area contributed by atoms with Crippen LogP contribution in [-0.2, 0) is 7.05 Å². The third-order valence-electron chi connectivity index (χ3n) is 4.11. The molecule has 4 rings (SSSR count). The van der Waals surface area contributed by atoms with Crippen LogP contribution >= 0.6 is 11.6 Å². The quantitative estimate of drug-likeness (QED) is 0.514. The van der Waals surface area contributed by atoms with Gasteiger partial charge in [0.1, 0.15) is 6.23 Å². The van der Waals surface area contributed by atoms with Gasteiger partial charge < -0.3 is 10.4 Å². The van der Waals surface area contributed by atoms with Crippen molar-refractivity contribution in [3.05, 3.63) is 47.7 Å². The maximum Gasteiger partial charge on any atom is 0.245 e. The average molecular weight is 384 g/mol. The molecule has 0 amide bonds. The Balaban J connectivity index is 1.89. The molecule has 0 aliphatic rings. The summed E-state index contributed by atoms with van der Waals surface area (Å²) >= 11 is 6.00. The largest absolute Gasteiger partial charge is 0.374 e. The number of nitrogens with zero attached hydrogens (tertiary/aromatic N) is 6. The first-order chi connectivity index (χ1) is 13.0. The minimum atomic E-state index is -0.715. The van der Waals surface area contributed by atoms with Crippen molar-refractivity contribution in [2.45, 2.75) is 19.6 Å². The van der Waals surface area contributed by atoms with Crippen LogP contribution in [0.5, 0.6) is 0 Å².